The van der Waals surface area contributed by atoms with Gasteiger partial charge in [-0.1, -0.05) is 26.0 Å². The monoisotopic (exact) mass is 317 g/mol. The van der Waals surface area contributed by atoms with Crippen LogP contribution in [0, 0.1) is 5.41 Å². The topological polar surface area (TPSA) is 95.9 Å². The highest BCUT2D eigenvalue weighted by Crippen LogP contribution is 2.35. The lowest BCUT2D eigenvalue weighted by atomic mass is 9.76. The Morgan fingerprint density at radius 1 is 1.19 bits per heavy atom. The van der Waals surface area contributed by atoms with Gasteiger partial charge in [-0.05, 0) is 11.8 Å². The van der Waals surface area contributed by atoms with Gasteiger partial charge in [-0.2, -0.15) is 0 Å². The number of aliphatic hydroxyl groups is 3. The van der Waals surface area contributed by atoms with Gasteiger partial charge in [0.15, 0.2) is 0 Å². The summed E-state index contributed by atoms with van der Waals surface area (Å²) >= 11 is 1.32. The standard InChI is InChI=1S/C15H27NO4S/c1-5-7-15(3,4)13(16)12-10(18)9(17)11(19)14(20-12)21-8-6-2/h5-6,9-14,17-19H,1-2,7-8,16H2,3-4H3/t9-,10+,11+,12-,13-,14+/m0/s1. The van der Waals surface area contributed by atoms with Gasteiger partial charge in [0.1, 0.15) is 29.9 Å². The molecule has 0 saturated carbocycles. The molecule has 1 rings (SSSR count). The minimum Gasteiger partial charge on any atom is -0.388 e. The molecule has 0 bridgehead atoms. The van der Waals surface area contributed by atoms with Crippen LogP contribution in [-0.2, 0) is 4.74 Å². The van der Waals surface area contributed by atoms with E-state index in [2.05, 4.69) is 13.2 Å². The third kappa shape index (κ3) is 4.31. The van der Waals surface area contributed by atoms with Crippen LogP contribution in [0.4, 0.5) is 0 Å². The van der Waals surface area contributed by atoms with E-state index < -0.39 is 35.9 Å². The molecule has 0 aliphatic carbocycles. The predicted molar refractivity (Wildman–Crippen MR) is 85.9 cm³/mol. The number of allylic oxidation sites excluding steroid dienone is 1. The molecule has 6 atom stereocenters. The van der Waals surface area contributed by atoms with Crippen LogP contribution in [0.3, 0.4) is 0 Å². The van der Waals surface area contributed by atoms with E-state index in [-0.39, 0.29) is 5.41 Å². The lowest BCUT2D eigenvalue weighted by Crippen LogP contribution is -2.64. The Morgan fingerprint density at radius 3 is 2.33 bits per heavy atom. The lowest BCUT2D eigenvalue weighted by molar-refractivity contribution is -0.209. The summed E-state index contributed by atoms with van der Waals surface area (Å²) in [5.41, 5.74) is 5.26. The number of ether oxygens (including phenoxy) is 1. The van der Waals surface area contributed by atoms with Crippen LogP contribution in [0.2, 0.25) is 0 Å². The van der Waals surface area contributed by atoms with Crippen LogP contribution in [0.25, 0.3) is 0 Å². The molecular formula is C15H27NO4S. The summed E-state index contributed by atoms with van der Waals surface area (Å²) in [5, 5.41) is 30.2. The van der Waals surface area contributed by atoms with E-state index in [0.717, 1.165) is 0 Å². The van der Waals surface area contributed by atoms with Crippen molar-refractivity contribution in [2.75, 3.05) is 5.75 Å². The molecule has 1 fully saturated rings. The Labute approximate surface area is 130 Å². The number of nitrogens with two attached hydrogens (primary N) is 1. The average Bonchev–Trinajstić information content (AvgIpc) is 2.43. The van der Waals surface area contributed by atoms with Gasteiger partial charge in [0.05, 0.1) is 0 Å². The molecule has 0 amide bonds. The second-order valence-corrected chi connectivity index (χ2v) is 7.20. The molecule has 1 heterocycles. The van der Waals surface area contributed by atoms with Gasteiger partial charge in [-0.15, -0.1) is 24.9 Å². The fourth-order valence-corrected chi connectivity index (χ4v) is 3.31. The fourth-order valence-electron chi connectivity index (χ4n) is 2.42. The van der Waals surface area contributed by atoms with Crippen molar-refractivity contribution in [1.29, 1.82) is 0 Å². The molecule has 122 valence electrons. The second kappa shape index (κ2) is 7.76. The summed E-state index contributed by atoms with van der Waals surface area (Å²) < 4.78 is 5.77. The Hall–Kier alpha value is -0.370. The Morgan fingerprint density at radius 2 is 1.81 bits per heavy atom. The van der Waals surface area contributed by atoms with Gasteiger partial charge < -0.3 is 25.8 Å². The summed E-state index contributed by atoms with van der Waals surface area (Å²) in [6.45, 7) is 11.2. The van der Waals surface area contributed by atoms with Crippen LogP contribution >= 0.6 is 11.8 Å². The number of aliphatic hydroxyl groups excluding tert-OH is 3. The maximum Gasteiger partial charge on any atom is 0.132 e. The van der Waals surface area contributed by atoms with E-state index in [4.69, 9.17) is 10.5 Å². The van der Waals surface area contributed by atoms with Gasteiger partial charge in [0.25, 0.3) is 0 Å². The van der Waals surface area contributed by atoms with Crippen molar-refractivity contribution in [3.63, 3.8) is 0 Å². The zero-order valence-corrected chi connectivity index (χ0v) is 13.5. The summed E-state index contributed by atoms with van der Waals surface area (Å²) in [7, 11) is 0. The highest BCUT2D eigenvalue weighted by atomic mass is 32.2. The Kier molecular flexibility index (Phi) is 6.90. The molecule has 0 radical (unpaired) electrons. The normalized spacial score (nSPS) is 35.2. The summed E-state index contributed by atoms with van der Waals surface area (Å²) in [6.07, 6.45) is -0.295. The predicted octanol–water partition coefficient (Wildman–Crippen LogP) is 0.643. The maximum absolute atomic E-state index is 10.2. The van der Waals surface area contributed by atoms with Crippen molar-refractivity contribution in [2.24, 2.45) is 11.1 Å². The Bertz CT molecular complexity index is 364. The SMILES string of the molecule is C=CCS[C@H]1O[C@H]([C@H](N)C(C)(C)CC=C)[C@H](O)[C@H](O)[C@H]1O. The number of hydrogen-bond donors (Lipinski definition) is 4. The first-order chi connectivity index (χ1) is 9.76. The molecule has 5 nitrogen and oxygen atoms in total. The van der Waals surface area contributed by atoms with Gasteiger partial charge >= 0.3 is 0 Å². The molecule has 6 heteroatoms. The molecule has 0 unspecified atom stereocenters. The third-order valence-electron chi connectivity index (χ3n) is 3.91. The third-order valence-corrected chi connectivity index (χ3v) is 5.06. The second-order valence-electron chi connectivity index (χ2n) is 6.07. The van der Waals surface area contributed by atoms with E-state index in [0.29, 0.717) is 12.2 Å². The van der Waals surface area contributed by atoms with Crippen molar-refractivity contribution in [1.82, 2.24) is 0 Å². The number of hydrogen-bond acceptors (Lipinski definition) is 6. The number of rotatable bonds is 7. The quantitative estimate of drug-likeness (QED) is 0.515. The molecule has 5 N–H and O–H groups in total. The molecule has 0 aromatic rings. The van der Waals surface area contributed by atoms with Crippen LogP contribution in [0.1, 0.15) is 20.3 Å². The summed E-state index contributed by atoms with van der Waals surface area (Å²) in [6, 6.07) is -0.500. The fraction of sp³-hybridized carbons (Fsp3) is 0.733. The molecule has 0 aromatic heterocycles. The van der Waals surface area contributed by atoms with Crippen molar-refractivity contribution in [2.45, 2.75) is 56.2 Å². The van der Waals surface area contributed by atoms with Crippen LogP contribution in [0.15, 0.2) is 25.3 Å². The van der Waals surface area contributed by atoms with Crippen molar-refractivity contribution in [3.8, 4) is 0 Å². The summed E-state index contributed by atoms with van der Waals surface area (Å²) in [5.74, 6) is 0.572. The van der Waals surface area contributed by atoms with E-state index in [9.17, 15) is 15.3 Å². The largest absolute Gasteiger partial charge is 0.388 e. The minimum absolute atomic E-state index is 0.344. The molecule has 21 heavy (non-hydrogen) atoms. The Balaban J connectivity index is 2.88. The smallest absolute Gasteiger partial charge is 0.132 e. The molecule has 1 aliphatic heterocycles. The van der Waals surface area contributed by atoms with Gasteiger partial charge in [0.2, 0.25) is 0 Å². The van der Waals surface area contributed by atoms with E-state index in [1.54, 1.807) is 12.2 Å². The highest BCUT2D eigenvalue weighted by molar-refractivity contribution is 7.99. The molecule has 0 aromatic carbocycles. The summed E-state index contributed by atoms with van der Waals surface area (Å²) in [4.78, 5) is 0. The van der Waals surface area contributed by atoms with Gasteiger partial charge in [-0.25, -0.2) is 0 Å². The van der Waals surface area contributed by atoms with Crippen LogP contribution in [-0.4, -0.2) is 57.0 Å². The van der Waals surface area contributed by atoms with Crippen LogP contribution < -0.4 is 5.73 Å². The maximum atomic E-state index is 10.2. The van der Waals surface area contributed by atoms with Crippen molar-refractivity contribution < 1.29 is 20.1 Å². The lowest BCUT2D eigenvalue weighted by Gasteiger charge is -2.46. The van der Waals surface area contributed by atoms with Crippen LogP contribution in [0.5, 0.6) is 0 Å². The molecule has 1 aliphatic rings. The minimum atomic E-state index is -1.28. The van der Waals surface area contributed by atoms with E-state index in [1.165, 1.54) is 11.8 Å². The van der Waals surface area contributed by atoms with Crippen molar-refractivity contribution >= 4 is 11.8 Å². The van der Waals surface area contributed by atoms with E-state index >= 15 is 0 Å². The average molecular weight is 317 g/mol. The first-order valence-electron chi connectivity index (χ1n) is 7.05. The van der Waals surface area contributed by atoms with E-state index in [1.807, 2.05) is 13.8 Å². The van der Waals surface area contributed by atoms with Gasteiger partial charge in [0, 0.05) is 11.8 Å². The van der Waals surface area contributed by atoms with Crippen molar-refractivity contribution in [3.05, 3.63) is 25.3 Å². The first kappa shape index (κ1) is 18.7. The first-order valence-corrected chi connectivity index (χ1v) is 8.09. The number of thioether (sulfide) groups is 1. The van der Waals surface area contributed by atoms with Gasteiger partial charge in [-0.3, -0.25) is 0 Å². The molecular weight excluding hydrogens is 290 g/mol. The highest BCUT2D eigenvalue weighted by Gasteiger charge is 2.48. The molecule has 0 spiro atoms. The zero-order valence-electron chi connectivity index (χ0n) is 12.7. The molecule has 1 saturated heterocycles. The zero-order chi connectivity index (χ0) is 16.2.